The second kappa shape index (κ2) is 4.98. The van der Waals surface area contributed by atoms with Gasteiger partial charge in [-0.1, -0.05) is 10.3 Å². The van der Waals surface area contributed by atoms with Gasteiger partial charge in [-0.15, -0.1) is 0 Å². The van der Waals surface area contributed by atoms with Crippen LogP contribution in [0.3, 0.4) is 0 Å². The van der Waals surface area contributed by atoms with E-state index in [1.54, 1.807) is 0 Å². The van der Waals surface area contributed by atoms with Gasteiger partial charge in [0.25, 0.3) is 0 Å². The van der Waals surface area contributed by atoms with Crippen molar-refractivity contribution in [2.45, 2.75) is 44.1 Å². The molecule has 7 heteroatoms. The summed E-state index contributed by atoms with van der Waals surface area (Å²) in [6.07, 6.45) is 5.04. The van der Waals surface area contributed by atoms with Crippen LogP contribution in [0.5, 0.6) is 11.5 Å². The van der Waals surface area contributed by atoms with E-state index in [2.05, 4.69) is 4.18 Å². The quantitative estimate of drug-likeness (QED) is 0.785. The Balaban J connectivity index is 1.93. The van der Waals surface area contributed by atoms with E-state index in [1.807, 2.05) is 0 Å². The first-order valence-electron chi connectivity index (χ1n) is 6.87. The number of halogens is 1. The van der Waals surface area contributed by atoms with E-state index in [9.17, 15) is 17.1 Å². The molecular formula is C14H15FO5S. The zero-order valence-electron chi connectivity index (χ0n) is 11.3. The Bertz CT molecular complexity index is 677. The molecule has 3 rings (SSSR count). The third-order valence-electron chi connectivity index (χ3n) is 4.02. The van der Waals surface area contributed by atoms with Crippen LogP contribution in [-0.4, -0.2) is 19.8 Å². The minimum atomic E-state index is -5.09. The smallest absolute Gasteiger partial charge is 0.486 e. The van der Waals surface area contributed by atoms with E-state index in [-0.39, 0.29) is 17.3 Å². The van der Waals surface area contributed by atoms with Crippen molar-refractivity contribution < 1.29 is 26.0 Å². The highest BCUT2D eigenvalue weighted by atomic mass is 32.3. The molecule has 0 atom stereocenters. The van der Waals surface area contributed by atoms with Gasteiger partial charge in [0.2, 0.25) is 0 Å². The van der Waals surface area contributed by atoms with Crippen LogP contribution in [0.25, 0.3) is 0 Å². The number of benzene rings is 1. The highest BCUT2D eigenvalue weighted by Crippen LogP contribution is 2.42. The predicted molar refractivity (Wildman–Crippen MR) is 72.5 cm³/mol. The average molecular weight is 314 g/mol. The molecule has 114 valence electrons. The van der Waals surface area contributed by atoms with Gasteiger partial charge in [0.05, 0.1) is 12.0 Å². The monoisotopic (exact) mass is 314 g/mol. The molecule has 1 spiro atoms. The molecule has 1 aliphatic carbocycles. The SMILES string of the molecule is O=C1CC2(CCCCC2)Oc2cc(OS(=O)(=O)F)ccc21. The van der Waals surface area contributed by atoms with Gasteiger partial charge >= 0.3 is 10.5 Å². The normalized spacial score (nSPS) is 20.7. The molecule has 0 aromatic heterocycles. The summed E-state index contributed by atoms with van der Waals surface area (Å²) in [7, 11) is -5.09. The molecular weight excluding hydrogens is 299 g/mol. The topological polar surface area (TPSA) is 69.7 Å². The Morgan fingerprint density at radius 3 is 2.57 bits per heavy atom. The Morgan fingerprint density at radius 1 is 1.19 bits per heavy atom. The third kappa shape index (κ3) is 3.02. The van der Waals surface area contributed by atoms with E-state index in [0.29, 0.717) is 12.0 Å². The van der Waals surface area contributed by atoms with Crippen LogP contribution >= 0.6 is 0 Å². The van der Waals surface area contributed by atoms with Crippen LogP contribution < -0.4 is 8.92 Å². The van der Waals surface area contributed by atoms with E-state index in [1.165, 1.54) is 18.2 Å². The highest BCUT2D eigenvalue weighted by molar-refractivity contribution is 7.81. The van der Waals surface area contributed by atoms with Crippen molar-refractivity contribution in [3.63, 3.8) is 0 Å². The van der Waals surface area contributed by atoms with E-state index >= 15 is 0 Å². The standard InChI is InChI=1S/C14H15FO5S/c15-21(17,18)20-10-4-5-11-12(16)9-14(19-13(11)8-10)6-2-1-3-7-14/h4-5,8H,1-3,6-7,9H2. The lowest BCUT2D eigenvalue weighted by molar-refractivity contribution is 0.0135. The Morgan fingerprint density at radius 2 is 1.90 bits per heavy atom. The van der Waals surface area contributed by atoms with Gasteiger partial charge in [0.1, 0.15) is 17.1 Å². The summed E-state index contributed by atoms with van der Waals surface area (Å²) < 4.78 is 43.8. The number of hydrogen-bond donors (Lipinski definition) is 0. The zero-order valence-corrected chi connectivity index (χ0v) is 12.1. The molecule has 1 aromatic rings. The molecule has 2 aliphatic rings. The van der Waals surface area contributed by atoms with Gasteiger partial charge in [-0.25, -0.2) is 0 Å². The Hall–Kier alpha value is -1.63. The number of fused-ring (bicyclic) bond motifs is 1. The van der Waals surface area contributed by atoms with E-state index in [4.69, 9.17) is 4.74 Å². The van der Waals surface area contributed by atoms with Gasteiger partial charge in [-0.2, -0.15) is 8.42 Å². The highest BCUT2D eigenvalue weighted by Gasteiger charge is 2.41. The summed E-state index contributed by atoms with van der Waals surface area (Å²) in [6, 6.07) is 3.92. The van der Waals surface area contributed by atoms with Crippen molar-refractivity contribution in [1.29, 1.82) is 0 Å². The van der Waals surface area contributed by atoms with Crippen molar-refractivity contribution in [1.82, 2.24) is 0 Å². The summed E-state index contributed by atoms with van der Waals surface area (Å²) in [5.74, 6) is 0.0408. The Kier molecular flexibility index (Phi) is 3.39. The van der Waals surface area contributed by atoms with Crippen LogP contribution in [0.2, 0.25) is 0 Å². The van der Waals surface area contributed by atoms with Crippen molar-refractivity contribution in [3.05, 3.63) is 23.8 Å². The van der Waals surface area contributed by atoms with Gasteiger partial charge in [-0.05, 0) is 37.8 Å². The molecule has 0 saturated heterocycles. The van der Waals surface area contributed by atoms with Crippen LogP contribution in [0.15, 0.2) is 18.2 Å². The Labute approximate surface area is 122 Å². The van der Waals surface area contributed by atoms with Crippen molar-refractivity contribution in [3.8, 4) is 11.5 Å². The van der Waals surface area contributed by atoms with Gasteiger partial charge in [-0.3, -0.25) is 4.79 Å². The van der Waals surface area contributed by atoms with Crippen LogP contribution in [0.4, 0.5) is 3.89 Å². The molecule has 1 heterocycles. The number of carbonyl (C=O) groups excluding carboxylic acids is 1. The fourth-order valence-corrected chi connectivity index (χ4v) is 3.45. The molecule has 0 bridgehead atoms. The summed E-state index contributed by atoms with van der Waals surface area (Å²) in [5.41, 5.74) is -0.120. The van der Waals surface area contributed by atoms with E-state index in [0.717, 1.165) is 32.1 Å². The van der Waals surface area contributed by atoms with Crippen LogP contribution in [0, 0.1) is 0 Å². The summed E-state index contributed by atoms with van der Waals surface area (Å²) in [4.78, 5) is 12.2. The maximum absolute atomic E-state index is 12.6. The first-order valence-corrected chi connectivity index (χ1v) is 8.18. The zero-order chi connectivity index (χ0) is 15.1. The molecule has 0 N–H and O–H groups in total. The lowest BCUT2D eigenvalue weighted by atomic mass is 9.78. The van der Waals surface area contributed by atoms with E-state index < -0.39 is 16.1 Å². The third-order valence-corrected chi connectivity index (χ3v) is 4.41. The summed E-state index contributed by atoms with van der Waals surface area (Å²) in [5, 5.41) is 0. The molecule has 1 fully saturated rings. The summed E-state index contributed by atoms with van der Waals surface area (Å²) in [6.45, 7) is 0. The number of Topliss-reactive ketones (excluding diaryl/α,β-unsaturated/α-hetero) is 1. The maximum atomic E-state index is 12.6. The lowest BCUT2D eigenvalue weighted by Crippen LogP contribution is -2.43. The van der Waals surface area contributed by atoms with Crippen molar-refractivity contribution in [2.75, 3.05) is 0 Å². The second-order valence-corrected chi connectivity index (χ2v) is 6.53. The number of carbonyl (C=O) groups is 1. The minimum Gasteiger partial charge on any atom is -0.486 e. The largest absolute Gasteiger partial charge is 0.488 e. The van der Waals surface area contributed by atoms with Crippen LogP contribution in [0.1, 0.15) is 48.9 Å². The van der Waals surface area contributed by atoms with Gasteiger partial charge < -0.3 is 8.92 Å². The molecule has 0 unspecified atom stereocenters. The first-order chi connectivity index (χ1) is 9.87. The molecule has 5 nitrogen and oxygen atoms in total. The number of rotatable bonds is 2. The first kappa shape index (κ1) is 14.3. The predicted octanol–water partition coefficient (Wildman–Crippen LogP) is 2.95. The van der Waals surface area contributed by atoms with Crippen molar-refractivity contribution >= 4 is 16.3 Å². The molecule has 1 aliphatic heterocycles. The fraction of sp³-hybridized carbons (Fsp3) is 0.500. The fourth-order valence-electron chi connectivity index (χ4n) is 3.12. The van der Waals surface area contributed by atoms with Crippen LogP contribution in [-0.2, 0) is 10.5 Å². The van der Waals surface area contributed by atoms with Gasteiger partial charge in [0.15, 0.2) is 5.78 Å². The molecule has 0 amide bonds. The van der Waals surface area contributed by atoms with Gasteiger partial charge in [0, 0.05) is 6.07 Å². The number of ketones is 1. The number of hydrogen-bond acceptors (Lipinski definition) is 5. The second-order valence-electron chi connectivity index (χ2n) is 5.58. The maximum Gasteiger partial charge on any atom is 0.488 e. The summed E-state index contributed by atoms with van der Waals surface area (Å²) >= 11 is 0. The van der Waals surface area contributed by atoms with Crippen molar-refractivity contribution in [2.24, 2.45) is 0 Å². The molecule has 21 heavy (non-hydrogen) atoms. The number of ether oxygens (including phenoxy) is 1. The lowest BCUT2D eigenvalue weighted by Gasteiger charge is -2.40. The average Bonchev–Trinajstić information content (AvgIpc) is 2.37. The molecule has 1 saturated carbocycles. The minimum absolute atomic E-state index is 0.0344. The molecule has 0 radical (unpaired) electrons. The molecule has 1 aromatic carbocycles.